The molecule has 3 rings (SSSR count). The minimum atomic E-state index is -0.626. The Hall–Kier alpha value is -3.62. The van der Waals surface area contributed by atoms with E-state index in [1.807, 2.05) is 0 Å². The summed E-state index contributed by atoms with van der Waals surface area (Å²) in [4.78, 5) is 27.3. The number of rotatable bonds is 6. The Morgan fingerprint density at radius 2 is 1.82 bits per heavy atom. The van der Waals surface area contributed by atoms with Crippen molar-refractivity contribution in [3.05, 3.63) is 60.0 Å². The first kappa shape index (κ1) is 19.2. The molecule has 0 saturated carbocycles. The number of carbonyl (C=O) groups is 2. The quantitative estimate of drug-likeness (QED) is 0.675. The van der Waals surface area contributed by atoms with Crippen molar-refractivity contribution in [2.75, 3.05) is 10.6 Å². The number of hydrogen-bond acceptors (Lipinski definition) is 5. The monoisotopic (exact) mass is 386 g/mol. The highest BCUT2D eigenvalue weighted by Gasteiger charge is 2.13. The highest BCUT2D eigenvalue weighted by atomic mass is 19.1. The van der Waals surface area contributed by atoms with Gasteiger partial charge in [0.25, 0.3) is 0 Å². The van der Waals surface area contributed by atoms with Crippen LogP contribution in [0.5, 0.6) is 0 Å². The molecule has 0 saturated heterocycles. The van der Waals surface area contributed by atoms with Crippen LogP contribution in [0.4, 0.5) is 20.2 Å². The van der Waals surface area contributed by atoms with Crippen LogP contribution in [-0.4, -0.2) is 22.0 Å². The minimum absolute atomic E-state index is 0.0190. The fourth-order valence-electron chi connectivity index (χ4n) is 2.41. The van der Waals surface area contributed by atoms with E-state index in [9.17, 15) is 18.4 Å². The van der Waals surface area contributed by atoms with Crippen LogP contribution in [0.25, 0.3) is 11.4 Å². The topological polar surface area (TPSA) is 97.1 Å². The number of aryl methyl sites for hydroxylation is 1. The van der Waals surface area contributed by atoms with Crippen molar-refractivity contribution in [1.29, 1.82) is 0 Å². The van der Waals surface area contributed by atoms with Gasteiger partial charge in [-0.25, -0.2) is 8.78 Å². The maximum Gasteiger partial charge on any atom is 0.227 e. The number of anilines is 2. The standard InChI is InChI=1S/C19H16F2N4O3/c1-11(26)22-14-6-7-15(21)16(10-14)23-17(27)8-9-18-24-19(25-28-18)12-2-4-13(20)5-3-12/h2-7,10H,8-9H2,1H3,(H,22,26)(H,23,27). The van der Waals surface area contributed by atoms with Gasteiger partial charge in [-0.05, 0) is 42.5 Å². The van der Waals surface area contributed by atoms with Gasteiger partial charge >= 0.3 is 0 Å². The molecule has 28 heavy (non-hydrogen) atoms. The Labute approximate surface area is 158 Å². The summed E-state index contributed by atoms with van der Waals surface area (Å²) in [6, 6.07) is 9.46. The Bertz CT molecular complexity index is 1000. The normalized spacial score (nSPS) is 10.5. The molecule has 0 spiro atoms. The van der Waals surface area contributed by atoms with Crippen molar-refractivity contribution >= 4 is 23.2 Å². The second-order valence-electron chi connectivity index (χ2n) is 5.94. The maximum atomic E-state index is 13.9. The molecule has 0 aliphatic heterocycles. The summed E-state index contributed by atoms with van der Waals surface area (Å²) in [7, 11) is 0. The van der Waals surface area contributed by atoms with Crippen LogP contribution in [-0.2, 0) is 16.0 Å². The summed E-state index contributed by atoms with van der Waals surface area (Å²) >= 11 is 0. The Kier molecular flexibility index (Phi) is 5.73. The molecule has 9 heteroatoms. The zero-order valence-corrected chi connectivity index (χ0v) is 14.8. The number of nitrogens with one attached hydrogen (secondary N) is 2. The van der Waals surface area contributed by atoms with Crippen molar-refractivity contribution in [3.63, 3.8) is 0 Å². The van der Waals surface area contributed by atoms with Gasteiger partial charge in [-0.15, -0.1) is 0 Å². The van der Waals surface area contributed by atoms with Gasteiger partial charge in [0.2, 0.25) is 23.5 Å². The molecule has 1 heterocycles. The summed E-state index contributed by atoms with van der Waals surface area (Å²) in [5.74, 6) is -1.26. The van der Waals surface area contributed by atoms with Crippen molar-refractivity contribution in [2.45, 2.75) is 19.8 Å². The number of halogens is 2. The molecule has 2 N–H and O–H groups in total. The van der Waals surface area contributed by atoms with Crippen LogP contribution in [0.3, 0.4) is 0 Å². The van der Waals surface area contributed by atoms with Crippen molar-refractivity contribution in [1.82, 2.24) is 10.1 Å². The molecule has 2 amide bonds. The summed E-state index contributed by atoms with van der Waals surface area (Å²) in [5.41, 5.74) is 0.900. The van der Waals surface area contributed by atoms with E-state index in [0.29, 0.717) is 11.3 Å². The lowest BCUT2D eigenvalue weighted by Gasteiger charge is -2.08. The lowest BCUT2D eigenvalue weighted by molar-refractivity contribution is -0.116. The molecule has 0 bridgehead atoms. The van der Waals surface area contributed by atoms with Crippen LogP contribution in [0.1, 0.15) is 19.2 Å². The third kappa shape index (κ3) is 4.97. The Morgan fingerprint density at radius 3 is 2.54 bits per heavy atom. The van der Waals surface area contributed by atoms with Crippen LogP contribution in [0.15, 0.2) is 47.0 Å². The van der Waals surface area contributed by atoms with E-state index in [0.717, 1.165) is 6.07 Å². The molecule has 0 atom stereocenters. The molecule has 0 radical (unpaired) electrons. The molecule has 0 aliphatic carbocycles. The number of carbonyl (C=O) groups excluding carboxylic acids is 2. The largest absolute Gasteiger partial charge is 0.339 e. The van der Waals surface area contributed by atoms with E-state index in [1.165, 1.54) is 43.3 Å². The summed E-state index contributed by atoms with van der Waals surface area (Å²) in [6.45, 7) is 1.33. The summed E-state index contributed by atoms with van der Waals surface area (Å²) in [6.07, 6.45) is 0.127. The number of nitrogens with zero attached hydrogens (tertiary/aromatic N) is 2. The smallest absolute Gasteiger partial charge is 0.227 e. The SMILES string of the molecule is CC(=O)Nc1ccc(F)c(NC(=O)CCc2nc(-c3ccc(F)cc3)no2)c1. The lowest BCUT2D eigenvalue weighted by Crippen LogP contribution is -2.14. The van der Waals surface area contributed by atoms with Gasteiger partial charge in [-0.3, -0.25) is 9.59 Å². The van der Waals surface area contributed by atoms with Crippen LogP contribution in [0, 0.1) is 11.6 Å². The Morgan fingerprint density at radius 1 is 1.07 bits per heavy atom. The fraction of sp³-hybridized carbons (Fsp3) is 0.158. The number of benzene rings is 2. The number of hydrogen-bond donors (Lipinski definition) is 2. The zero-order valence-electron chi connectivity index (χ0n) is 14.8. The first-order chi connectivity index (χ1) is 13.4. The molecule has 0 fully saturated rings. The average molecular weight is 386 g/mol. The maximum absolute atomic E-state index is 13.9. The summed E-state index contributed by atoms with van der Waals surface area (Å²) < 4.78 is 31.9. The molecule has 3 aromatic rings. The second-order valence-corrected chi connectivity index (χ2v) is 5.94. The fourth-order valence-corrected chi connectivity index (χ4v) is 2.41. The highest BCUT2D eigenvalue weighted by Crippen LogP contribution is 2.20. The number of amides is 2. The van der Waals surface area contributed by atoms with Gasteiger partial charge in [-0.1, -0.05) is 5.16 Å². The van der Waals surface area contributed by atoms with Crippen LogP contribution < -0.4 is 10.6 Å². The molecule has 2 aromatic carbocycles. The molecule has 1 aromatic heterocycles. The van der Waals surface area contributed by atoms with E-state index in [2.05, 4.69) is 20.8 Å². The van der Waals surface area contributed by atoms with E-state index in [1.54, 1.807) is 0 Å². The van der Waals surface area contributed by atoms with Crippen LogP contribution >= 0.6 is 0 Å². The molecule has 7 nitrogen and oxygen atoms in total. The molecular formula is C19H16F2N4O3. The van der Waals surface area contributed by atoms with Gasteiger partial charge < -0.3 is 15.2 Å². The van der Waals surface area contributed by atoms with E-state index in [4.69, 9.17) is 4.52 Å². The van der Waals surface area contributed by atoms with Gasteiger partial charge in [0.1, 0.15) is 11.6 Å². The first-order valence-corrected chi connectivity index (χ1v) is 8.36. The molecule has 144 valence electrons. The predicted molar refractivity (Wildman–Crippen MR) is 97.3 cm³/mol. The third-order valence-corrected chi connectivity index (χ3v) is 3.70. The number of aromatic nitrogens is 2. The van der Waals surface area contributed by atoms with Crippen LogP contribution in [0.2, 0.25) is 0 Å². The lowest BCUT2D eigenvalue weighted by atomic mass is 10.2. The first-order valence-electron chi connectivity index (χ1n) is 8.36. The molecule has 0 aliphatic rings. The van der Waals surface area contributed by atoms with Gasteiger partial charge in [0.05, 0.1) is 5.69 Å². The average Bonchev–Trinajstić information content (AvgIpc) is 3.12. The van der Waals surface area contributed by atoms with Crippen molar-refractivity contribution < 1.29 is 22.9 Å². The van der Waals surface area contributed by atoms with E-state index < -0.39 is 11.7 Å². The van der Waals surface area contributed by atoms with E-state index >= 15 is 0 Å². The zero-order chi connectivity index (χ0) is 20.1. The predicted octanol–water partition coefficient (Wildman–Crippen LogP) is 3.54. The second kappa shape index (κ2) is 8.38. The third-order valence-electron chi connectivity index (χ3n) is 3.70. The van der Waals surface area contributed by atoms with Crippen molar-refractivity contribution in [2.24, 2.45) is 0 Å². The molecule has 0 unspecified atom stereocenters. The van der Waals surface area contributed by atoms with Gasteiger partial charge in [0.15, 0.2) is 0 Å². The Balaban J connectivity index is 1.59. The van der Waals surface area contributed by atoms with Gasteiger partial charge in [-0.2, -0.15) is 4.98 Å². The molecular weight excluding hydrogens is 370 g/mol. The van der Waals surface area contributed by atoms with E-state index in [-0.39, 0.29) is 42.0 Å². The van der Waals surface area contributed by atoms with Gasteiger partial charge in [0, 0.05) is 31.0 Å². The summed E-state index contributed by atoms with van der Waals surface area (Å²) in [5, 5.41) is 8.74. The minimum Gasteiger partial charge on any atom is -0.339 e. The van der Waals surface area contributed by atoms with Crippen molar-refractivity contribution in [3.8, 4) is 11.4 Å². The highest BCUT2D eigenvalue weighted by molar-refractivity contribution is 5.93.